The summed E-state index contributed by atoms with van der Waals surface area (Å²) in [5.41, 5.74) is 6.05. The molecule has 21 heavy (non-hydrogen) atoms. The third kappa shape index (κ3) is 3.42. The van der Waals surface area contributed by atoms with Crippen molar-refractivity contribution in [2.45, 2.75) is 34.2 Å². The molecule has 5 heteroatoms. The molecule has 1 heterocycles. The van der Waals surface area contributed by atoms with Crippen molar-refractivity contribution in [1.82, 2.24) is 15.5 Å². The Labute approximate surface area is 125 Å². The van der Waals surface area contributed by atoms with E-state index in [0.717, 1.165) is 29.2 Å². The van der Waals surface area contributed by atoms with Crippen LogP contribution in [0.2, 0.25) is 0 Å². The zero-order valence-electron chi connectivity index (χ0n) is 13.0. The molecule has 2 rings (SSSR count). The second kappa shape index (κ2) is 6.43. The summed E-state index contributed by atoms with van der Waals surface area (Å²) < 4.78 is 0. The SMILES string of the molecule is CCNC(=O)c1ccc(NCc2c(C)n[nH]c2C)c(C)c1. The van der Waals surface area contributed by atoms with Gasteiger partial charge in [0.05, 0.1) is 5.69 Å². The molecule has 2 aromatic rings. The highest BCUT2D eigenvalue weighted by Crippen LogP contribution is 2.19. The van der Waals surface area contributed by atoms with Crippen LogP contribution in [0.5, 0.6) is 0 Å². The van der Waals surface area contributed by atoms with Gasteiger partial charge in [-0.2, -0.15) is 5.10 Å². The van der Waals surface area contributed by atoms with Gasteiger partial charge >= 0.3 is 0 Å². The second-order valence-electron chi connectivity index (χ2n) is 5.16. The monoisotopic (exact) mass is 286 g/mol. The molecule has 5 nitrogen and oxygen atoms in total. The summed E-state index contributed by atoms with van der Waals surface area (Å²) in [4.78, 5) is 11.8. The lowest BCUT2D eigenvalue weighted by molar-refractivity contribution is 0.0956. The topological polar surface area (TPSA) is 69.8 Å². The number of amides is 1. The van der Waals surface area contributed by atoms with E-state index in [4.69, 9.17) is 0 Å². The predicted octanol–water partition coefficient (Wildman–Crippen LogP) is 2.70. The molecule has 0 unspecified atom stereocenters. The molecular formula is C16H22N4O. The van der Waals surface area contributed by atoms with Crippen molar-refractivity contribution in [3.8, 4) is 0 Å². The summed E-state index contributed by atoms with van der Waals surface area (Å²) in [6.45, 7) is 9.27. The van der Waals surface area contributed by atoms with Crippen molar-refractivity contribution in [3.63, 3.8) is 0 Å². The number of rotatable bonds is 5. The molecule has 1 aromatic heterocycles. The third-order valence-electron chi connectivity index (χ3n) is 3.56. The normalized spacial score (nSPS) is 10.5. The van der Waals surface area contributed by atoms with E-state index in [0.29, 0.717) is 12.1 Å². The zero-order chi connectivity index (χ0) is 15.4. The number of carbonyl (C=O) groups excluding carboxylic acids is 1. The number of hydrogen-bond acceptors (Lipinski definition) is 3. The Morgan fingerprint density at radius 1 is 1.29 bits per heavy atom. The number of aromatic amines is 1. The third-order valence-corrected chi connectivity index (χ3v) is 3.56. The molecule has 1 aromatic carbocycles. The Balaban J connectivity index is 2.09. The number of nitrogens with one attached hydrogen (secondary N) is 3. The van der Waals surface area contributed by atoms with Gasteiger partial charge in [0.2, 0.25) is 0 Å². The smallest absolute Gasteiger partial charge is 0.251 e. The first-order valence-electron chi connectivity index (χ1n) is 7.16. The van der Waals surface area contributed by atoms with Crippen molar-refractivity contribution < 1.29 is 4.79 Å². The lowest BCUT2D eigenvalue weighted by atomic mass is 10.1. The number of benzene rings is 1. The fraction of sp³-hybridized carbons (Fsp3) is 0.375. The molecule has 112 valence electrons. The highest BCUT2D eigenvalue weighted by atomic mass is 16.1. The van der Waals surface area contributed by atoms with E-state index in [1.807, 2.05) is 45.9 Å². The Kier molecular flexibility index (Phi) is 4.62. The fourth-order valence-electron chi connectivity index (χ4n) is 2.28. The van der Waals surface area contributed by atoms with Crippen molar-refractivity contribution >= 4 is 11.6 Å². The number of aromatic nitrogens is 2. The van der Waals surface area contributed by atoms with Gasteiger partial charge in [0, 0.05) is 35.6 Å². The van der Waals surface area contributed by atoms with Gasteiger partial charge < -0.3 is 10.6 Å². The van der Waals surface area contributed by atoms with Crippen LogP contribution < -0.4 is 10.6 Å². The number of anilines is 1. The average Bonchev–Trinajstić information content (AvgIpc) is 2.77. The molecule has 0 bridgehead atoms. The molecule has 0 aliphatic carbocycles. The van der Waals surface area contributed by atoms with Crippen LogP contribution in [0.1, 0.15) is 39.8 Å². The first-order chi connectivity index (χ1) is 10.0. The maximum absolute atomic E-state index is 11.8. The Morgan fingerprint density at radius 3 is 2.62 bits per heavy atom. The molecule has 0 radical (unpaired) electrons. The standard InChI is InChI=1S/C16H22N4O/c1-5-17-16(21)13-6-7-15(10(2)8-13)18-9-14-11(3)19-20-12(14)4/h6-8,18H,5,9H2,1-4H3,(H,17,21)(H,19,20). The van der Waals surface area contributed by atoms with E-state index in [1.165, 1.54) is 5.56 Å². The quantitative estimate of drug-likeness (QED) is 0.791. The molecule has 0 saturated heterocycles. The van der Waals surface area contributed by atoms with Gasteiger partial charge in [-0.1, -0.05) is 0 Å². The Hall–Kier alpha value is -2.30. The Morgan fingerprint density at radius 2 is 2.05 bits per heavy atom. The van der Waals surface area contributed by atoms with Gasteiger partial charge in [-0.15, -0.1) is 0 Å². The molecule has 0 aliphatic rings. The van der Waals surface area contributed by atoms with Gasteiger partial charge in [-0.3, -0.25) is 9.89 Å². The van der Waals surface area contributed by atoms with Gasteiger partial charge in [-0.05, 0) is 51.5 Å². The number of aryl methyl sites for hydroxylation is 3. The molecule has 3 N–H and O–H groups in total. The van der Waals surface area contributed by atoms with Crippen LogP contribution in [0.4, 0.5) is 5.69 Å². The first kappa shape index (κ1) is 15.1. The van der Waals surface area contributed by atoms with E-state index in [1.54, 1.807) is 0 Å². The van der Waals surface area contributed by atoms with Gasteiger partial charge in [0.1, 0.15) is 0 Å². The van der Waals surface area contributed by atoms with Gasteiger partial charge in [0.15, 0.2) is 0 Å². The molecule has 0 atom stereocenters. The molecule has 0 aliphatic heterocycles. The summed E-state index contributed by atoms with van der Waals surface area (Å²) in [5.74, 6) is -0.0336. The van der Waals surface area contributed by atoms with Crippen LogP contribution in [0.25, 0.3) is 0 Å². The van der Waals surface area contributed by atoms with Crippen LogP contribution >= 0.6 is 0 Å². The number of hydrogen-bond donors (Lipinski definition) is 3. The van der Waals surface area contributed by atoms with Crippen LogP contribution in [0, 0.1) is 20.8 Å². The van der Waals surface area contributed by atoms with Gasteiger partial charge in [-0.25, -0.2) is 0 Å². The minimum absolute atomic E-state index is 0.0336. The molecule has 1 amide bonds. The molecule has 0 saturated carbocycles. The summed E-state index contributed by atoms with van der Waals surface area (Å²) in [7, 11) is 0. The summed E-state index contributed by atoms with van der Waals surface area (Å²) >= 11 is 0. The van der Waals surface area contributed by atoms with Crippen LogP contribution in [-0.4, -0.2) is 22.6 Å². The molecule has 0 spiro atoms. The summed E-state index contributed by atoms with van der Waals surface area (Å²) in [6.07, 6.45) is 0. The van der Waals surface area contributed by atoms with Crippen molar-refractivity contribution in [2.75, 3.05) is 11.9 Å². The summed E-state index contributed by atoms with van der Waals surface area (Å²) in [6, 6.07) is 5.70. The first-order valence-corrected chi connectivity index (χ1v) is 7.16. The minimum atomic E-state index is -0.0336. The highest BCUT2D eigenvalue weighted by molar-refractivity contribution is 5.94. The summed E-state index contributed by atoms with van der Waals surface area (Å²) in [5, 5.41) is 13.4. The maximum atomic E-state index is 11.8. The zero-order valence-corrected chi connectivity index (χ0v) is 13.0. The second-order valence-corrected chi connectivity index (χ2v) is 5.16. The van der Waals surface area contributed by atoms with E-state index < -0.39 is 0 Å². The van der Waals surface area contributed by atoms with E-state index in [2.05, 4.69) is 20.8 Å². The minimum Gasteiger partial charge on any atom is -0.381 e. The average molecular weight is 286 g/mol. The molecular weight excluding hydrogens is 264 g/mol. The van der Waals surface area contributed by atoms with E-state index >= 15 is 0 Å². The Bertz CT molecular complexity index is 626. The fourth-order valence-corrected chi connectivity index (χ4v) is 2.28. The van der Waals surface area contributed by atoms with Crippen molar-refractivity contribution in [2.24, 2.45) is 0 Å². The lowest BCUT2D eigenvalue weighted by Gasteiger charge is -2.11. The maximum Gasteiger partial charge on any atom is 0.251 e. The van der Waals surface area contributed by atoms with Gasteiger partial charge in [0.25, 0.3) is 5.91 Å². The number of carbonyl (C=O) groups is 1. The number of nitrogens with zero attached hydrogens (tertiary/aromatic N) is 1. The van der Waals surface area contributed by atoms with Crippen LogP contribution in [0.15, 0.2) is 18.2 Å². The molecule has 0 fully saturated rings. The lowest BCUT2D eigenvalue weighted by Crippen LogP contribution is -2.22. The van der Waals surface area contributed by atoms with E-state index in [9.17, 15) is 4.79 Å². The highest BCUT2D eigenvalue weighted by Gasteiger charge is 2.09. The van der Waals surface area contributed by atoms with E-state index in [-0.39, 0.29) is 5.91 Å². The number of H-pyrrole nitrogens is 1. The van der Waals surface area contributed by atoms with Crippen LogP contribution in [-0.2, 0) is 6.54 Å². The van der Waals surface area contributed by atoms with Crippen molar-refractivity contribution in [3.05, 3.63) is 46.3 Å². The predicted molar refractivity (Wildman–Crippen MR) is 84.6 cm³/mol. The van der Waals surface area contributed by atoms with Crippen molar-refractivity contribution in [1.29, 1.82) is 0 Å². The largest absolute Gasteiger partial charge is 0.381 e. The van der Waals surface area contributed by atoms with Crippen LogP contribution in [0.3, 0.4) is 0 Å².